The highest BCUT2D eigenvalue weighted by molar-refractivity contribution is 5.85. The monoisotopic (exact) mass is 420 g/mol. The van der Waals surface area contributed by atoms with E-state index in [1.807, 2.05) is 0 Å². The molecule has 1 saturated heterocycles. The molecule has 1 aromatic heterocycles. The molecule has 1 atom stereocenters. The second-order valence-corrected chi connectivity index (χ2v) is 9.06. The lowest BCUT2D eigenvalue weighted by Gasteiger charge is -2.40. The zero-order chi connectivity index (χ0) is 20.1. The molecule has 162 valence electrons. The predicted octanol–water partition coefficient (Wildman–Crippen LogP) is 4.15. The van der Waals surface area contributed by atoms with Crippen molar-refractivity contribution in [2.45, 2.75) is 65.6 Å². The first kappa shape index (κ1) is 23.8. The van der Waals surface area contributed by atoms with Crippen LogP contribution >= 0.6 is 12.4 Å². The van der Waals surface area contributed by atoms with Crippen LogP contribution in [0.5, 0.6) is 0 Å². The fraction of sp³-hybridized carbons (Fsp3) is 0.682. The first-order chi connectivity index (χ1) is 13.4. The number of benzene rings is 1. The smallest absolute Gasteiger partial charge is 0.168 e. The maximum Gasteiger partial charge on any atom is 0.168 e. The van der Waals surface area contributed by atoms with Gasteiger partial charge in [-0.2, -0.15) is 0 Å². The van der Waals surface area contributed by atoms with E-state index in [0.29, 0.717) is 5.92 Å². The zero-order valence-corrected chi connectivity index (χ0v) is 19.4. The Bertz CT molecular complexity index is 722. The summed E-state index contributed by atoms with van der Waals surface area (Å²) in [6, 6.07) is 11.0. The highest BCUT2D eigenvalue weighted by atomic mass is 35.5. The molecule has 2 aromatic rings. The number of hydrogen-bond donors (Lipinski definition) is 0. The van der Waals surface area contributed by atoms with Gasteiger partial charge in [-0.3, -0.25) is 9.80 Å². The summed E-state index contributed by atoms with van der Waals surface area (Å²) in [5.41, 5.74) is 1.33. The van der Waals surface area contributed by atoms with E-state index in [-0.39, 0.29) is 24.0 Å². The normalized spacial score (nSPS) is 17.3. The summed E-state index contributed by atoms with van der Waals surface area (Å²) >= 11 is 0. The molecule has 2 heterocycles. The second kappa shape index (κ2) is 10.5. The second-order valence-electron chi connectivity index (χ2n) is 9.06. The lowest BCUT2D eigenvalue weighted by Crippen LogP contribution is -2.48. The summed E-state index contributed by atoms with van der Waals surface area (Å²) in [6.45, 7) is 16.5. The molecule has 0 saturated carbocycles. The first-order valence-electron chi connectivity index (χ1n) is 10.7. The van der Waals surface area contributed by atoms with Crippen LogP contribution in [0.15, 0.2) is 30.3 Å². The van der Waals surface area contributed by atoms with Crippen LogP contribution in [-0.4, -0.2) is 56.2 Å². The molecular formula is C22H37ClN6. The lowest BCUT2D eigenvalue weighted by molar-refractivity contribution is 0.0737. The third-order valence-electron chi connectivity index (χ3n) is 6.02. The van der Waals surface area contributed by atoms with Gasteiger partial charge in [0.1, 0.15) is 0 Å². The Morgan fingerprint density at radius 3 is 2.28 bits per heavy atom. The third kappa shape index (κ3) is 6.00. The number of halogens is 1. The van der Waals surface area contributed by atoms with Crippen LogP contribution in [0, 0.1) is 5.92 Å². The summed E-state index contributed by atoms with van der Waals surface area (Å²) in [4.78, 5) is 5.15. The number of hydrogen-bond acceptors (Lipinski definition) is 5. The van der Waals surface area contributed by atoms with E-state index >= 15 is 0 Å². The molecule has 0 radical (unpaired) electrons. The number of piperazine rings is 1. The average molecular weight is 421 g/mol. The van der Waals surface area contributed by atoms with Gasteiger partial charge in [0, 0.05) is 32.7 Å². The Kier molecular flexibility index (Phi) is 8.61. The van der Waals surface area contributed by atoms with Crippen molar-refractivity contribution in [2.24, 2.45) is 5.92 Å². The number of tetrazole rings is 1. The van der Waals surface area contributed by atoms with Crippen molar-refractivity contribution < 1.29 is 0 Å². The van der Waals surface area contributed by atoms with Crippen LogP contribution in [0.4, 0.5) is 0 Å². The van der Waals surface area contributed by atoms with Crippen molar-refractivity contribution in [1.29, 1.82) is 0 Å². The van der Waals surface area contributed by atoms with Crippen molar-refractivity contribution in [2.75, 3.05) is 26.2 Å². The predicted molar refractivity (Wildman–Crippen MR) is 120 cm³/mol. The van der Waals surface area contributed by atoms with E-state index in [1.54, 1.807) is 0 Å². The fourth-order valence-corrected chi connectivity index (χ4v) is 3.92. The molecule has 0 bridgehead atoms. The molecule has 7 heteroatoms. The van der Waals surface area contributed by atoms with E-state index in [1.165, 1.54) is 5.56 Å². The van der Waals surface area contributed by atoms with Gasteiger partial charge in [0.2, 0.25) is 0 Å². The van der Waals surface area contributed by atoms with Gasteiger partial charge in [0.15, 0.2) is 5.82 Å². The maximum atomic E-state index is 4.49. The molecule has 1 aliphatic heterocycles. The minimum Gasteiger partial charge on any atom is -0.297 e. The summed E-state index contributed by atoms with van der Waals surface area (Å²) in [5.74, 6) is 1.62. The van der Waals surface area contributed by atoms with Crippen LogP contribution in [0.25, 0.3) is 0 Å². The standard InChI is InChI=1S/C22H36N6.ClH/c1-6-22(4,5)28-21(23-24-25-28)20(16-18(2)3)27-14-12-26(13-15-27)17-19-10-8-7-9-11-19;/h7-11,18,20H,6,12-17H2,1-5H3;1H. The molecule has 1 unspecified atom stereocenters. The van der Waals surface area contributed by atoms with Crippen molar-refractivity contribution in [3.63, 3.8) is 0 Å². The summed E-state index contributed by atoms with van der Waals surface area (Å²) < 4.78 is 2.07. The van der Waals surface area contributed by atoms with Gasteiger partial charge < -0.3 is 0 Å². The summed E-state index contributed by atoms with van der Waals surface area (Å²) in [6.07, 6.45) is 2.09. The largest absolute Gasteiger partial charge is 0.297 e. The number of rotatable bonds is 8. The van der Waals surface area contributed by atoms with Crippen molar-refractivity contribution in [3.8, 4) is 0 Å². The Hall–Kier alpha value is -1.50. The minimum atomic E-state index is -0.0663. The average Bonchev–Trinajstić information content (AvgIpc) is 3.18. The molecule has 29 heavy (non-hydrogen) atoms. The van der Waals surface area contributed by atoms with Crippen LogP contribution < -0.4 is 0 Å². The lowest BCUT2D eigenvalue weighted by atomic mass is 9.98. The number of nitrogens with zero attached hydrogens (tertiary/aromatic N) is 6. The molecule has 1 fully saturated rings. The van der Waals surface area contributed by atoms with Gasteiger partial charge in [-0.15, -0.1) is 17.5 Å². The van der Waals surface area contributed by atoms with E-state index < -0.39 is 0 Å². The maximum absolute atomic E-state index is 4.49. The molecule has 6 nitrogen and oxygen atoms in total. The van der Waals surface area contributed by atoms with Crippen molar-refractivity contribution >= 4 is 12.4 Å². The summed E-state index contributed by atoms with van der Waals surface area (Å²) in [7, 11) is 0. The molecule has 0 N–H and O–H groups in total. The molecule has 0 spiro atoms. The molecule has 3 rings (SSSR count). The topological polar surface area (TPSA) is 50.1 Å². The molecule has 0 aliphatic carbocycles. The summed E-state index contributed by atoms with van der Waals surface area (Å²) in [5, 5.41) is 12.9. The highest BCUT2D eigenvalue weighted by Gasteiger charge is 2.33. The van der Waals surface area contributed by atoms with Crippen molar-refractivity contribution in [1.82, 2.24) is 30.0 Å². The number of aromatic nitrogens is 4. The SMILES string of the molecule is CCC(C)(C)n1nnnc1C(CC(C)C)N1CCN(Cc2ccccc2)CC1.Cl. The minimum absolute atomic E-state index is 0. The molecular weight excluding hydrogens is 384 g/mol. The van der Waals surface area contributed by atoms with E-state index in [9.17, 15) is 0 Å². The highest BCUT2D eigenvalue weighted by Crippen LogP contribution is 2.30. The molecule has 0 amide bonds. The Labute approximate surface area is 182 Å². The van der Waals surface area contributed by atoms with E-state index in [0.717, 1.165) is 51.4 Å². The third-order valence-corrected chi connectivity index (χ3v) is 6.02. The fourth-order valence-electron chi connectivity index (χ4n) is 3.92. The van der Waals surface area contributed by atoms with Gasteiger partial charge >= 0.3 is 0 Å². The van der Waals surface area contributed by atoms with Crippen LogP contribution in [0.1, 0.15) is 64.9 Å². The van der Waals surface area contributed by atoms with Crippen LogP contribution in [0.3, 0.4) is 0 Å². The Morgan fingerprint density at radius 1 is 1.03 bits per heavy atom. The van der Waals surface area contributed by atoms with Crippen molar-refractivity contribution in [3.05, 3.63) is 41.7 Å². The van der Waals surface area contributed by atoms with E-state index in [4.69, 9.17) is 0 Å². The molecule has 1 aliphatic rings. The van der Waals surface area contributed by atoms with Gasteiger partial charge in [-0.05, 0) is 48.6 Å². The van der Waals surface area contributed by atoms with Gasteiger partial charge in [-0.25, -0.2) is 4.68 Å². The molecule has 1 aromatic carbocycles. The first-order valence-corrected chi connectivity index (χ1v) is 10.7. The van der Waals surface area contributed by atoms with E-state index in [2.05, 4.69) is 95.0 Å². The quantitative estimate of drug-likeness (QED) is 0.642. The Morgan fingerprint density at radius 2 is 1.69 bits per heavy atom. The van der Waals surface area contributed by atoms with Crippen LogP contribution in [-0.2, 0) is 12.1 Å². The van der Waals surface area contributed by atoms with Gasteiger partial charge in [0.05, 0.1) is 11.6 Å². The van der Waals surface area contributed by atoms with Gasteiger partial charge in [0.25, 0.3) is 0 Å². The van der Waals surface area contributed by atoms with Crippen LogP contribution in [0.2, 0.25) is 0 Å². The zero-order valence-electron chi connectivity index (χ0n) is 18.6. The Balaban J connectivity index is 0.00000300. The van der Waals surface area contributed by atoms with Gasteiger partial charge in [-0.1, -0.05) is 51.1 Å².